The quantitative estimate of drug-likeness (QED) is 0.671. The Bertz CT molecular complexity index is 226. The van der Waals surface area contributed by atoms with E-state index >= 15 is 0 Å². The molecule has 0 aliphatic rings. The molecule has 80 valence electrons. The zero-order valence-corrected chi connectivity index (χ0v) is 9.63. The first-order chi connectivity index (χ1) is 6.47. The van der Waals surface area contributed by atoms with Gasteiger partial charge in [-0.15, -0.1) is 0 Å². The highest BCUT2D eigenvalue weighted by molar-refractivity contribution is 5.79. The lowest BCUT2D eigenvalue weighted by Crippen LogP contribution is -2.27. The van der Waals surface area contributed by atoms with Gasteiger partial charge in [-0.25, -0.2) is 0 Å². The Morgan fingerprint density at radius 1 is 1.36 bits per heavy atom. The number of hydrogen-bond acceptors (Lipinski definition) is 1. The molecule has 0 aromatic rings. The third-order valence-electron chi connectivity index (χ3n) is 1.76. The van der Waals surface area contributed by atoms with Crippen LogP contribution in [0.15, 0.2) is 24.4 Å². The Morgan fingerprint density at radius 2 is 1.93 bits per heavy atom. The van der Waals surface area contributed by atoms with E-state index < -0.39 is 0 Å². The summed E-state index contributed by atoms with van der Waals surface area (Å²) < 4.78 is 0. The highest BCUT2D eigenvalue weighted by Gasteiger charge is 2.09. The molecular weight excluding hydrogens is 174 g/mol. The molecule has 0 rings (SSSR count). The van der Waals surface area contributed by atoms with Crippen LogP contribution >= 0.6 is 0 Å². The van der Waals surface area contributed by atoms with E-state index in [9.17, 15) is 4.79 Å². The van der Waals surface area contributed by atoms with Crippen molar-refractivity contribution in [3.63, 3.8) is 0 Å². The second kappa shape index (κ2) is 6.41. The summed E-state index contributed by atoms with van der Waals surface area (Å²) in [4.78, 5) is 11.4. The van der Waals surface area contributed by atoms with E-state index in [0.717, 1.165) is 12.1 Å². The first-order valence-electron chi connectivity index (χ1n) is 5.09. The van der Waals surface area contributed by atoms with Crippen molar-refractivity contribution in [2.75, 3.05) is 0 Å². The van der Waals surface area contributed by atoms with E-state index in [-0.39, 0.29) is 11.8 Å². The van der Waals surface area contributed by atoms with Gasteiger partial charge >= 0.3 is 0 Å². The van der Waals surface area contributed by atoms with Crippen LogP contribution in [0.3, 0.4) is 0 Å². The Morgan fingerprint density at radius 3 is 2.29 bits per heavy atom. The smallest absolute Gasteiger partial charge is 0.226 e. The molecule has 1 N–H and O–H groups in total. The van der Waals surface area contributed by atoms with Gasteiger partial charge in [0.05, 0.1) is 0 Å². The maximum absolute atomic E-state index is 11.4. The lowest BCUT2D eigenvalue weighted by molar-refractivity contribution is -0.123. The second-order valence-corrected chi connectivity index (χ2v) is 4.17. The van der Waals surface area contributed by atoms with Gasteiger partial charge in [-0.2, -0.15) is 0 Å². The van der Waals surface area contributed by atoms with Gasteiger partial charge in [0.25, 0.3) is 0 Å². The van der Waals surface area contributed by atoms with Crippen LogP contribution in [0.5, 0.6) is 0 Å². The lowest BCUT2D eigenvalue weighted by Gasteiger charge is -2.13. The molecule has 14 heavy (non-hydrogen) atoms. The third-order valence-corrected chi connectivity index (χ3v) is 1.76. The van der Waals surface area contributed by atoms with Crippen molar-refractivity contribution >= 4 is 5.91 Å². The number of nitrogens with one attached hydrogen (secondary N) is 1. The summed E-state index contributed by atoms with van der Waals surface area (Å²) in [5.74, 6) is 0.628. The maximum Gasteiger partial charge on any atom is 0.226 e. The molecule has 1 amide bonds. The first kappa shape index (κ1) is 12.9. The van der Waals surface area contributed by atoms with E-state index in [2.05, 4.69) is 25.7 Å². The summed E-state index contributed by atoms with van der Waals surface area (Å²) in [6.07, 6.45) is 4.45. The summed E-state index contributed by atoms with van der Waals surface area (Å²) in [7, 11) is 0. The van der Waals surface area contributed by atoms with E-state index in [1.807, 2.05) is 19.9 Å². The predicted octanol–water partition coefficient (Wildman–Crippen LogP) is 2.87. The molecule has 0 unspecified atom stereocenters. The van der Waals surface area contributed by atoms with E-state index in [0.29, 0.717) is 5.92 Å². The van der Waals surface area contributed by atoms with Crippen LogP contribution in [0.4, 0.5) is 0 Å². The molecular formula is C12H21NO. The number of rotatable bonds is 5. The van der Waals surface area contributed by atoms with Crippen molar-refractivity contribution in [3.8, 4) is 0 Å². The lowest BCUT2D eigenvalue weighted by atomic mass is 10.1. The minimum Gasteiger partial charge on any atom is -0.330 e. The second-order valence-electron chi connectivity index (χ2n) is 4.17. The summed E-state index contributed by atoms with van der Waals surface area (Å²) in [6.45, 7) is 11.6. The van der Waals surface area contributed by atoms with Crippen molar-refractivity contribution in [1.29, 1.82) is 0 Å². The van der Waals surface area contributed by atoms with Gasteiger partial charge in [-0.3, -0.25) is 4.79 Å². The maximum atomic E-state index is 11.4. The fourth-order valence-corrected chi connectivity index (χ4v) is 1.05. The minimum atomic E-state index is 0.0235. The fourth-order valence-electron chi connectivity index (χ4n) is 1.05. The average Bonchev–Trinajstić information content (AvgIpc) is 2.02. The number of allylic oxidation sites excluding steroid dienone is 3. The molecule has 0 bridgehead atoms. The normalized spacial score (nSPS) is 12.0. The molecule has 0 atom stereocenters. The number of carbonyl (C=O) groups excluding carboxylic acids is 1. The van der Waals surface area contributed by atoms with Gasteiger partial charge in [0.1, 0.15) is 0 Å². The number of carbonyl (C=O) groups is 1. The van der Waals surface area contributed by atoms with Crippen LogP contribution in [0.2, 0.25) is 0 Å². The van der Waals surface area contributed by atoms with Crippen molar-refractivity contribution in [3.05, 3.63) is 24.4 Å². The van der Waals surface area contributed by atoms with Gasteiger partial charge in [-0.1, -0.05) is 40.3 Å². The zero-order valence-electron chi connectivity index (χ0n) is 9.63. The van der Waals surface area contributed by atoms with Crippen LogP contribution in [-0.4, -0.2) is 5.91 Å². The molecule has 0 fully saturated rings. The molecule has 0 aliphatic heterocycles. The Kier molecular flexibility index (Phi) is 5.93. The van der Waals surface area contributed by atoms with Crippen LogP contribution in [-0.2, 0) is 4.79 Å². The minimum absolute atomic E-state index is 0.0235. The summed E-state index contributed by atoms with van der Waals surface area (Å²) in [5, 5.41) is 2.90. The van der Waals surface area contributed by atoms with Crippen LogP contribution in [0.1, 0.15) is 34.1 Å². The van der Waals surface area contributed by atoms with Crippen LogP contribution in [0.25, 0.3) is 0 Å². The summed E-state index contributed by atoms with van der Waals surface area (Å²) in [5.41, 5.74) is 0.953. The van der Waals surface area contributed by atoms with Crippen molar-refractivity contribution in [2.24, 2.45) is 11.8 Å². The largest absolute Gasteiger partial charge is 0.330 e. The van der Waals surface area contributed by atoms with Gasteiger partial charge in [0.2, 0.25) is 5.91 Å². The SMILES string of the molecule is C=C/C=C(\CC(C)C)NC(=O)C(C)C. The van der Waals surface area contributed by atoms with Crippen molar-refractivity contribution in [2.45, 2.75) is 34.1 Å². The van der Waals surface area contributed by atoms with E-state index in [1.54, 1.807) is 6.08 Å². The molecule has 0 aliphatic carbocycles. The summed E-state index contributed by atoms with van der Waals surface area (Å²) >= 11 is 0. The first-order valence-corrected chi connectivity index (χ1v) is 5.09. The van der Waals surface area contributed by atoms with Gasteiger partial charge in [0, 0.05) is 11.6 Å². The van der Waals surface area contributed by atoms with Gasteiger partial charge in [0.15, 0.2) is 0 Å². The molecule has 2 heteroatoms. The topological polar surface area (TPSA) is 29.1 Å². The van der Waals surface area contributed by atoms with E-state index in [4.69, 9.17) is 0 Å². The van der Waals surface area contributed by atoms with E-state index in [1.165, 1.54) is 0 Å². The molecule has 0 aromatic carbocycles. The fraction of sp³-hybridized carbons (Fsp3) is 0.583. The van der Waals surface area contributed by atoms with Crippen LogP contribution < -0.4 is 5.32 Å². The number of amides is 1. The molecule has 0 heterocycles. The molecule has 2 nitrogen and oxygen atoms in total. The molecule has 0 aromatic heterocycles. The Balaban J connectivity index is 4.31. The van der Waals surface area contributed by atoms with Crippen molar-refractivity contribution in [1.82, 2.24) is 5.32 Å². The summed E-state index contributed by atoms with van der Waals surface area (Å²) in [6, 6.07) is 0. The standard InChI is InChI=1S/C12H21NO/c1-6-7-11(8-9(2)3)13-12(14)10(4)5/h6-7,9-10H,1,8H2,2-5H3,(H,13,14)/b11-7+. The Hall–Kier alpha value is -1.05. The highest BCUT2D eigenvalue weighted by Crippen LogP contribution is 2.08. The molecule has 0 spiro atoms. The highest BCUT2D eigenvalue weighted by atomic mass is 16.1. The van der Waals surface area contributed by atoms with Gasteiger partial charge in [-0.05, 0) is 18.4 Å². The van der Waals surface area contributed by atoms with Crippen molar-refractivity contribution < 1.29 is 4.79 Å². The van der Waals surface area contributed by atoms with Crippen LogP contribution in [0, 0.1) is 11.8 Å². The molecule has 0 saturated heterocycles. The average molecular weight is 195 g/mol. The number of hydrogen-bond donors (Lipinski definition) is 1. The Labute approximate surface area is 87.1 Å². The zero-order chi connectivity index (χ0) is 11.1. The monoisotopic (exact) mass is 195 g/mol. The molecule has 0 radical (unpaired) electrons. The third kappa shape index (κ3) is 5.57. The predicted molar refractivity (Wildman–Crippen MR) is 60.7 cm³/mol. The molecule has 0 saturated carbocycles. The van der Waals surface area contributed by atoms with Gasteiger partial charge < -0.3 is 5.32 Å².